The summed E-state index contributed by atoms with van der Waals surface area (Å²) in [5.41, 5.74) is 1.70. The Kier molecular flexibility index (Phi) is 8.34. The third-order valence-electron chi connectivity index (χ3n) is 7.07. The minimum atomic E-state index is -3.74. The van der Waals surface area contributed by atoms with Gasteiger partial charge in [-0.3, -0.25) is 9.59 Å². The number of hydrogen-bond donors (Lipinski definition) is 1. The zero-order valence-electron chi connectivity index (χ0n) is 21.3. The van der Waals surface area contributed by atoms with E-state index in [1.807, 2.05) is 36.4 Å². The summed E-state index contributed by atoms with van der Waals surface area (Å²) >= 11 is 3.34. The molecule has 0 bridgehead atoms. The van der Waals surface area contributed by atoms with Crippen LogP contribution < -0.4 is 15.0 Å². The molecule has 1 fully saturated rings. The molecular weight excluding hydrogens is 582 g/mol. The van der Waals surface area contributed by atoms with E-state index in [1.165, 1.54) is 4.31 Å². The first-order chi connectivity index (χ1) is 18.8. The van der Waals surface area contributed by atoms with Gasteiger partial charge in [-0.1, -0.05) is 58.4 Å². The highest BCUT2D eigenvalue weighted by Crippen LogP contribution is 2.35. The Morgan fingerprint density at radius 3 is 2.44 bits per heavy atom. The van der Waals surface area contributed by atoms with Crippen molar-refractivity contribution in [1.29, 1.82) is 0 Å². The minimum absolute atomic E-state index is 0.0585. The van der Waals surface area contributed by atoms with Gasteiger partial charge in [-0.2, -0.15) is 4.31 Å². The van der Waals surface area contributed by atoms with Gasteiger partial charge >= 0.3 is 0 Å². The Labute approximate surface area is 237 Å². The van der Waals surface area contributed by atoms with E-state index in [0.29, 0.717) is 43.8 Å². The second kappa shape index (κ2) is 11.9. The summed E-state index contributed by atoms with van der Waals surface area (Å²) in [6, 6.07) is 23.5. The van der Waals surface area contributed by atoms with Crippen LogP contribution in [0.5, 0.6) is 5.75 Å². The lowest BCUT2D eigenvalue weighted by molar-refractivity contribution is -0.129. The maximum atomic E-state index is 13.8. The largest absolute Gasteiger partial charge is 0.477 e. The van der Waals surface area contributed by atoms with Crippen LogP contribution in [0.2, 0.25) is 0 Å². The van der Waals surface area contributed by atoms with Crippen molar-refractivity contribution in [2.45, 2.75) is 30.3 Å². The summed E-state index contributed by atoms with van der Waals surface area (Å²) in [6.07, 6.45) is 0.953. The highest BCUT2D eigenvalue weighted by atomic mass is 79.9. The lowest BCUT2D eigenvalue weighted by atomic mass is 9.97. The fourth-order valence-corrected chi connectivity index (χ4v) is 6.79. The molecule has 5 rings (SSSR count). The topological polar surface area (TPSA) is 96.0 Å². The Morgan fingerprint density at radius 2 is 1.67 bits per heavy atom. The van der Waals surface area contributed by atoms with E-state index in [1.54, 1.807) is 47.4 Å². The van der Waals surface area contributed by atoms with E-state index in [9.17, 15) is 18.0 Å². The minimum Gasteiger partial charge on any atom is -0.477 e. The summed E-state index contributed by atoms with van der Waals surface area (Å²) in [5.74, 6) is -0.572. The van der Waals surface area contributed by atoms with Gasteiger partial charge in [0.25, 0.3) is 5.91 Å². The average Bonchev–Trinajstić information content (AvgIpc) is 2.97. The normalized spacial score (nSPS) is 19.6. The molecule has 0 saturated carbocycles. The molecule has 2 unspecified atom stereocenters. The summed E-state index contributed by atoms with van der Waals surface area (Å²) in [7, 11) is -3.74. The number of nitrogens with zero attached hydrogens (tertiary/aromatic N) is 2. The summed E-state index contributed by atoms with van der Waals surface area (Å²) in [5, 5.41) is 2.93. The molecule has 2 heterocycles. The molecule has 0 aromatic heterocycles. The molecule has 8 nitrogen and oxygen atoms in total. The summed E-state index contributed by atoms with van der Waals surface area (Å²) in [4.78, 5) is 28.7. The number of hydrogen-bond acceptors (Lipinski definition) is 5. The van der Waals surface area contributed by atoms with Crippen LogP contribution in [0.1, 0.15) is 18.4 Å². The first-order valence-corrected chi connectivity index (χ1v) is 15.2. The zero-order valence-corrected chi connectivity index (χ0v) is 23.7. The van der Waals surface area contributed by atoms with Crippen molar-refractivity contribution >= 4 is 43.5 Å². The number of carbonyl (C=O) groups excluding carboxylic acids is 2. The number of piperidine rings is 1. The Bertz CT molecular complexity index is 1430. The van der Waals surface area contributed by atoms with Crippen molar-refractivity contribution in [3.63, 3.8) is 0 Å². The van der Waals surface area contributed by atoms with E-state index in [4.69, 9.17) is 4.74 Å². The van der Waals surface area contributed by atoms with Crippen LogP contribution >= 0.6 is 15.9 Å². The lowest BCUT2D eigenvalue weighted by Gasteiger charge is -2.38. The van der Waals surface area contributed by atoms with Crippen LogP contribution in [0, 0.1) is 5.92 Å². The molecule has 3 aromatic rings. The number of fused-ring (bicyclic) bond motifs is 1. The quantitative estimate of drug-likeness (QED) is 0.436. The Hall–Kier alpha value is -3.21. The molecule has 10 heteroatoms. The van der Waals surface area contributed by atoms with Crippen LogP contribution in [-0.2, 0) is 26.0 Å². The predicted octanol–water partition coefficient (Wildman–Crippen LogP) is 4.00. The molecule has 2 aliphatic heterocycles. The van der Waals surface area contributed by atoms with Crippen LogP contribution in [-0.4, -0.2) is 56.8 Å². The highest BCUT2D eigenvalue weighted by Gasteiger charge is 2.39. The molecule has 2 aliphatic rings. The van der Waals surface area contributed by atoms with Gasteiger partial charge in [-0.05, 0) is 61.2 Å². The van der Waals surface area contributed by atoms with Gasteiger partial charge < -0.3 is 15.0 Å². The summed E-state index contributed by atoms with van der Waals surface area (Å²) < 4.78 is 34.8. The average molecular weight is 613 g/mol. The molecule has 2 amide bonds. The van der Waals surface area contributed by atoms with E-state index >= 15 is 0 Å². The third-order valence-corrected chi connectivity index (χ3v) is 9.48. The lowest BCUT2D eigenvalue weighted by Crippen LogP contribution is -2.54. The van der Waals surface area contributed by atoms with Crippen molar-refractivity contribution in [3.05, 3.63) is 88.9 Å². The van der Waals surface area contributed by atoms with Gasteiger partial charge in [0.15, 0.2) is 6.10 Å². The SMILES string of the molecule is O=C(NCCc1ccccc1)C1CN(C(=O)C2CCCN(S(=O)(=O)c3ccc(Br)cc3)C2)c2ccccc2O1. The third kappa shape index (κ3) is 6.18. The molecule has 1 saturated heterocycles. The molecule has 0 spiro atoms. The van der Waals surface area contributed by atoms with Crippen molar-refractivity contribution in [2.24, 2.45) is 5.92 Å². The molecular formula is C29H30BrN3O5S. The predicted molar refractivity (Wildman–Crippen MR) is 152 cm³/mol. The van der Waals surface area contributed by atoms with E-state index < -0.39 is 22.0 Å². The number of amides is 2. The maximum Gasteiger partial charge on any atom is 0.262 e. The van der Waals surface area contributed by atoms with E-state index in [0.717, 1.165) is 10.0 Å². The zero-order chi connectivity index (χ0) is 27.4. The number of rotatable bonds is 7. The van der Waals surface area contributed by atoms with Gasteiger partial charge in [0.2, 0.25) is 15.9 Å². The van der Waals surface area contributed by atoms with Crippen LogP contribution in [0.25, 0.3) is 0 Å². The number of carbonyl (C=O) groups is 2. The Balaban J connectivity index is 1.29. The monoisotopic (exact) mass is 611 g/mol. The van der Waals surface area contributed by atoms with Gasteiger partial charge in [-0.15, -0.1) is 0 Å². The second-order valence-electron chi connectivity index (χ2n) is 9.71. The summed E-state index contributed by atoms with van der Waals surface area (Å²) in [6.45, 7) is 0.950. The van der Waals surface area contributed by atoms with Gasteiger partial charge in [0, 0.05) is 24.1 Å². The van der Waals surface area contributed by atoms with E-state index in [2.05, 4.69) is 21.2 Å². The van der Waals surface area contributed by atoms with Crippen molar-refractivity contribution in [2.75, 3.05) is 31.1 Å². The van der Waals surface area contributed by atoms with Crippen molar-refractivity contribution in [3.8, 4) is 5.75 Å². The molecule has 0 radical (unpaired) electrons. The smallest absolute Gasteiger partial charge is 0.262 e. The van der Waals surface area contributed by atoms with Gasteiger partial charge in [0.1, 0.15) is 5.75 Å². The molecule has 0 aliphatic carbocycles. The van der Waals surface area contributed by atoms with E-state index in [-0.39, 0.29) is 29.8 Å². The fraction of sp³-hybridized carbons (Fsp3) is 0.310. The number of anilines is 1. The van der Waals surface area contributed by atoms with Crippen molar-refractivity contribution < 1.29 is 22.7 Å². The standard InChI is InChI=1S/C29H30BrN3O5S/c30-23-12-14-24(15-13-23)39(36,37)32-18-6-9-22(19-32)29(35)33-20-27(38-26-11-5-4-10-25(26)33)28(34)31-17-16-21-7-2-1-3-8-21/h1-5,7-8,10-15,22,27H,6,9,16-20H2,(H,31,34). The second-order valence-corrected chi connectivity index (χ2v) is 12.6. The van der Waals surface area contributed by atoms with Crippen molar-refractivity contribution in [1.82, 2.24) is 9.62 Å². The van der Waals surface area contributed by atoms with Crippen LogP contribution in [0.4, 0.5) is 5.69 Å². The molecule has 39 heavy (non-hydrogen) atoms. The Morgan fingerprint density at radius 1 is 0.949 bits per heavy atom. The number of nitrogens with one attached hydrogen (secondary N) is 1. The molecule has 1 N–H and O–H groups in total. The fourth-order valence-electron chi connectivity index (χ4n) is 5.01. The molecule has 204 valence electrons. The maximum absolute atomic E-state index is 13.8. The number of sulfonamides is 1. The van der Waals surface area contributed by atoms with Crippen LogP contribution in [0.3, 0.4) is 0 Å². The first-order valence-electron chi connectivity index (χ1n) is 13.0. The van der Waals surface area contributed by atoms with Crippen LogP contribution in [0.15, 0.2) is 88.2 Å². The number of ether oxygens (including phenoxy) is 1. The number of halogens is 1. The first kappa shape index (κ1) is 27.4. The molecule has 3 aromatic carbocycles. The van der Waals surface area contributed by atoms with Gasteiger partial charge in [0.05, 0.1) is 23.0 Å². The number of benzene rings is 3. The molecule has 2 atom stereocenters. The highest BCUT2D eigenvalue weighted by molar-refractivity contribution is 9.10. The van der Waals surface area contributed by atoms with Gasteiger partial charge in [-0.25, -0.2) is 8.42 Å². The number of para-hydroxylation sites is 2.